The van der Waals surface area contributed by atoms with Crippen LogP contribution in [0.5, 0.6) is 0 Å². The first-order valence-electron chi connectivity index (χ1n) is 6.89. The van der Waals surface area contributed by atoms with Gasteiger partial charge in [-0.25, -0.2) is 9.78 Å². The summed E-state index contributed by atoms with van der Waals surface area (Å²) in [5.74, 6) is 0.390. The first-order chi connectivity index (χ1) is 9.18. The van der Waals surface area contributed by atoms with Crippen LogP contribution in [-0.2, 0) is 0 Å². The van der Waals surface area contributed by atoms with Crippen LogP contribution in [0.25, 0.3) is 5.52 Å². The molecule has 2 aromatic rings. The van der Waals surface area contributed by atoms with E-state index in [1.807, 2.05) is 29.7 Å². The summed E-state index contributed by atoms with van der Waals surface area (Å²) in [6.07, 6.45) is 7.89. The molecule has 1 aliphatic rings. The van der Waals surface area contributed by atoms with Crippen LogP contribution in [0.15, 0.2) is 18.3 Å². The van der Waals surface area contributed by atoms with E-state index in [4.69, 9.17) is 0 Å². The predicted molar refractivity (Wildman–Crippen MR) is 72.7 cm³/mol. The normalized spacial score (nSPS) is 16.9. The molecule has 2 aromatic heterocycles. The lowest BCUT2D eigenvalue weighted by Gasteiger charge is -2.20. The van der Waals surface area contributed by atoms with Gasteiger partial charge in [-0.15, -0.1) is 0 Å². The van der Waals surface area contributed by atoms with Crippen molar-refractivity contribution in [2.75, 3.05) is 0 Å². The van der Waals surface area contributed by atoms with E-state index < -0.39 is 5.97 Å². The van der Waals surface area contributed by atoms with Gasteiger partial charge in [0.05, 0.1) is 5.52 Å². The van der Waals surface area contributed by atoms with Gasteiger partial charge in [-0.1, -0.05) is 25.3 Å². The highest BCUT2D eigenvalue weighted by Gasteiger charge is 2.24. The van der Waals surface area contributed by atoms with Crippen molar-refractivity contribution in [3.05, 3.63) is 35.4 Å². The van der Waals surface area contributed by atoms with Gasteiger partial charge in [0, 0.05) is 12.1 Å². The number of carboxylic acid groups (broad SMARTS) is 1. The van der Waals surface area contributed by atoms with Crippen LogP contribution in [0.3, 0.4) is 0 Å². The zero-order valence-electron chi connectivity index (χ0n) is 11.1. The van der Waals surface area contributed by atoms with E-state index in [-0.39, 0.29) is 5.69 Å². The molecule has 0 atom stereocenters. The van der Waals surface area contributed by atoms with Gasteiger partial charge in [0.1, 0.15) is 5.82 Å². The zero-order valence-corrected chi connectivity index (χ0v) is 11.1. The molecule has 0 bridgehead atoms. The summed E-state index contributed by atoms with van der Waals surface area (Å²) in [5, 5.41) is 9.34. The molecule has 1 N–H and O–H groups in total. The van der Waals surface area contributed by atoms with E-state index in [1.165, 1.54) is 19.3 Å². The Morgan fingerprint density at radius 3 is 2.79 bits per heavy atom. The molecule has 2 heterocycles. The van der Waals surface area contributed by atoms with Gasteiger partial charge in [0.2, 0.25) is 0 Å². The third kappa shape index (κ3) is 2.01. The number of carboxylic acids is 1. The molecule has 0 unspecified atom stereocenters. The van der Waals surface area contributed by atoms with Crippen LogP contribution in [0.1, 0.15) is 59.9 Å². The molecular formula is C15H18N2O2. The molecule has 0 aromatic carbocycles. The lowest BCUT2D eigenvalue weighted by molar-refractivity contribution is 0.0693. The highest BCUT2D eigenvalue weighted by Crippen LogP contribution is 2.33. The minimum atomic E-state index is -0.936. The van der Waals surface area contributed by atoms with Gasteiger partial charge in [-0.2, -0.15) is 0 Å². The average Bonchev–Trinajstić information content (AvgIpc) is 2.81. The second-order valence-electron chi connectivity index (χ2n) is 5.37. The van der Waals surface area contributed by atoms with Gasteiger partial charge >= 0.3 is 5.97 Å². The minimum absolute atomic E-state index is 0.193. The smallest absolute Gasteiger partial charge is 0.356 e. The summed E-state index contributed by atoms with van der Waals surface area (Å²) in [4.78, 5) is 15.8. The monoisotopic (exact) mass is 258 g/mol. The van der Waals surface area contributed by atoms with Gasteiger partial charge in [0.25, 0.3) is 0 Å². The number of carbonyl (C=O) groups is 1. The van der Waals surface area contributed by atoms with Gasteiger partial charge in [-0.3, -0.25) is 0 Å². The van der Waals surface area contributed by atoms with Gasteiger partial charge in [-0.05, 0) is 31.4 Å². The Kier molecular flexibility index (Phi) is 3.01. The summed E-state index contributed by atoms with van der Waals surface area (Å²) in [6.45, 7) is 1.94. The number of aryl methyl sites for hydroxylation is 1. The quantitative estimate of drug-likeness (QED) is 0.898. The van der Waals surface area contributed by atoms with Crippen LogP contribution in [-0.4, -0.2) is 20.5 Å². The summed E-state index contributed by atoms with van der Waals surface area (Å²) in [5.41, 5.74) is 1.91. The van der Waals surface area contributed by atoms with E-state index in [0.717, 1.165) is 29.7 Å². The molecule has 4 heteroatoms. The van der Waals surface area contributed by atoms with E-state index in [1.54, 1.807) is 0 Å². The number of hydrogen-bond donors (Lipinski definition) is 1. The Hall–Kier alpha value is -1.84. The van der Waals surface area contributed by atoms with Crippen molar-refractivity contribution in [2.24, 2.45) is 0 Å². The topological polar surface area (TPSA) is 54.6 Å². The molecule has 1 aliphatic carbocycles. The highest BCUT2D eigenvalue weighted by molar-refractivity contribution is 5.94. The number of aromatic carboxylic acids is 1. The number of hydrogen-bond acceptors (Lipinski definition) is 2. The highest BCUT2D eigenvalue weighted by atomic mass is 16.4. The number of aromatic nitrogens is 2. The molecule has 100 valence electrons. The molecule has 19 heavy (non-hydrogen) atoms. The van der Waals surface area contributed by atoms with E-state index >= 15 is 0 Å². The fraction of sp³-hybridized carbons (Fsp3) is 0.467. The molecule has 1 saturated carbocycles. The van der Waals surface area contributed by atoms with Gasteiger partial charge < -0.3 is 9.51 Å². The Bertz CT molecular complexity index is 624. The Labute approximate surface area is 112 Å². The molecular weight excluding hydrogens is 240 g/mol. The Morgan fingerprint density at radius 1 is 1.37 bits per heavy atom. The van der Waals surface area contributed by atoms with E-state index in [2.05, 4.69) is 4.98 Å². The summed E-state index contributed by atoms with van der Waals surface area (Å²) < 4.78 is 1.98. The van der Waals surface area contributed by atoms with E-state index in [9.17, 15) is 9.90 Å². The predicted octanol–water partition coefficient (Wildman–Crippen LogP) is 3.39. The number of pyridine rings is 1. The van der Waals surface area contributed by atoms with Crippen LogP contribution in [0, 0.1) is 6.92 Å². The zero-order chi connectivity index (χ0) is 13.4. The van der Waals surface area contributed by atoms with Crippen molar-refractivity contribution in [1.29, 1.82) is 0 Å². The van der Waals surface area contributed by atoms with Crippen LogP contribution in [0.4, 0.5) is 0 Å². The van der Waals surface area contributed by atoms with Gasteiger partial charge in [0.15, 0.2) is 5.69 Å². The minimum Gasteiger partial charge on any atom is -0.476 e. The molecule has 1 fully saturated rings. The van der Waals surface area contributed by atoms with Crippen molar-refractivity contribution < 1.29 is 9.90 Å². The summed E-state index contributed by atoms with van der Waals surface area (Å²) >= 11 is 0. The fourth-order valence-electron chi connectivity index (χ4n) is 3.13. The first kappa shape index (κ1) is 12.2. The molecule has 0 aliphatic heterocycles. The maximum atomic E-state index is 11.4. The maximum absolute atomic E-state index is 11.4. The molecule has 0 radical (unpaired) electrons. The third-order valence-corrected chi connectivity index (χ3v) is 4.07. The number of rotatable bonds is 2. The fourth-order valence-corrected chi connectivity index (χ4v) is 3.13. The van der Waals surface area contributed by atoms with Crippen LogP contribution >= 0.6 is 0 Å². The number of fused-ring (bicyclic) bond motifs is 1. The Morgan fingerprint density at radius 2 is 2.11 bits per heavy atom. The second-order valence-corrected chi connectivity index (χ2v) is 5.37. The molecule has 0 amide bonds. The number of nitrogens with zero attached hydrogens (tertiary/aromatic N) is 2. The average molecular weight is 258 g/mol. The standard InChI is InChI=1S/C15H18N2O2/c1-10-6-5-9-17-13(10)12(15(18)19)16-14(17)11-7-3-2-4-8-11/h5-6,9,11H,2-4,7-8H2,1H3,(H,18,19). The van der Waals surface area contributed by atoms with Crippen LogP contribution < -0.4 is 0 Å². The maximum Gasteiger partial charge on any atom is 0.356 e. The second kappa shape index (κ2) is 4.68. The molecule has 4 nitrogen and oxygen atoms in total. The third-order valence-electron chi connectivity index (χ3n) is 4.07. The lowest BCUT2D eigenvalue weighted by Crippen LogP contribution is -2.08. The largest absolute Gasteiger partial charge is 0.476 e. The van der Waals surface area contributed by atoms with Crippen molar-refractivity contribution >= 4 is 11.5 Å². The van der Waals surface area contributed by atoms with E-state index in [0.29, 0.717) is 5.92 Å². The molecule has 0 spiro atoms. The molecule has 0 saturated heterocycles. The Balaban J connectivity index is 2.19. The van der Waals surface area contributed by atoms with Crippen molar-refractivity contribution in [1.82, 2.24) is 9.38 Å². The van der Waals surface area contributed by atoms with Crippen molar-refractivity contribution in [3.8, 4) is 0 Å². The van der Waals surface area contributed by atoms with Crippen molar-refractivity contribution in [2.45, 2.75) is 44.9 Å². The lowest BCUT2D eigenvalue weighted by atomic mass is 9.89. The molecule has 3 rings (SSSR count). The summed E-state index contributed by atoms with van der Waals surface area (Å²) in [6, 6.07) is 3.90. The summed E-state index contributed by atoms with van der Waals surface area (Å²) in [7, 11) is 0. The first-order valence-corrected chi connectivity index (χ1v) is 6.89. The van der Waals surface area contributed by atoms with Crippen LogP contribution in [0.2, 0.25) is 0 Å². The SMILES string of the molecule is Cc1cccn2c(C3CCCCC3)nc(C(=O)O)c12. The number of imidazole rings is 1. The van der Waals surface area contributed by atoms with Crippen molar-refractivity contribution in [3.63, 3.8) is 0 Å².